The number of alkyl halides is 2. The van der Waals surface area contributed by atoms with Crippen LogP contribution >= 0.6 is 0 Å². The van der Waals surface area contributed by atoms with Crippen molar-refractivity contribution in [3.63, 3.8) is 0 Å². The van der Waals surface area contributed by atoms with Crippen molar-refractivity contribution in [1.82, 2.24) is 15.0 Å². The van der Waals surface area contributed by atoms with Gasteiger partial charge < -0.3 is 14.2 Å². The quantitative estimate of drug-likeness (QED) is 0.657. The van der Waals surface area contributed by atoms with E-state index in [2.05, 4.69) is 15.0 Å². The number of hydrogen-bond donors (Lipinski definition) is 0. The zero-order valence-electron chi connectivity index (χ0n) is 15.1. The van der Waals surface area contributed by atoms with Crippen LogP contribution in [0.2, 0.25) is 0 Å². The first-order valence-electron chi connectivity index (χ1n) is 7.73. The molecule has 1 aromatic heterocycles. The zero-order valence-corrected chi connectivity index (χ0v) is 15.9. The molecule has 1 aliphatic rings. The molecule has 1 unspecified atom stereocenters. The summed E-state index contributed by atoms with van der Waals surface area (Å²) in [4.78, 5) is 24.4. The van der Waals surface area contributed by atoms with Crippen molar-refractivity contribution in [1.29, 1.82) is 0 Å². The molecule has 0 N–H and O–H groups in total. The van der Waals surface area contributed by atoms with E-state index in [9.17, 15) is 26.4 Å². The smallest absolute Gasteiger partial charge is 0.355 e. The summed E-state index contributed by atoms with van der Waals surface area (Å²) in [5.41, 5.74) is -1.15. The second-order valence-corrected chi connectivity index (χ2v) is 7.31. The lowest BCUT2D eigenvalue weighted by Crippen LogP contribution is -2.39. The number of aromatic nitrogens is 3. The van der Waals surface area contributed by atoms with Gasteiger partial charge in [-0.05, 0) is 6.07 Å². The van der Waals surface area contributed by atoms with Crippen LogP contribution in [0.4, 0.5) is 18.9 Å². The van der Waals surface area contributed by atoms with Gasteiger partial charge in [0.25, 0.3) is 5.91 Å². The molecule has 0 saturated heterocycles. The SMILES string of the molecule is COc1cc(F)c2c(c1)C(c1nc(OC)nc(OC)n1)C(=O)N2S(=O)(=O)C(F)F. The number of carbonyl (C=O) groups excluding carboxylic acids is 1. The van der Waals surface area contributed by atoms with Crippen molar-refractivity contribution in [3.05, 3.63) is 29.3 Å². The Kier molecular flexibility index (Phi) is 5.21. The van der Waals surface area contributed by atoms with Gasteiger partial charge in [0, 0.05) is 11.6 Å². The summed E-state index contributed by atoms with van der Waals surface area (Å²) in [5.74, 6) is -8.76. The van der Waals surface area contributed by atoms with Crippen LogP contribution < -0.4 is 18.5 Å². The molecule has 2 heterocycles. The van der Waals surface area contributed by atoms with Crippen molar-refractivity contribution in [3.8, 4) is 17.8 Å². The van der Waals surface area contributed by atoms with Gasteiger partial charge in [-0.25, -0.2) is 4.39 Å². The van der Waals surface area contributed by atoms with E-state index in [0.29, 0.717) is 0 Å². The molecule has 10 nitrogen and oxygen atoms in total. The minimum absolute atomic E-state index is 0.0802. The van der Waals surface area contributed by atoms with Crippen molar-refractivity contribution in [2.24, 2.45) is 0 Å². The van der Waals surface area contributed by atoms with Crippen LogP contribution in [0.5, 0.6) is 17.8 Å². The molecule has 0 radical (unpaired) electrons. The molecule has 0 fully saturated rings. The highest BCUT2D eigenvalue weighted by atomic mass is 32.2. The van der Waals surface area contributed by atoms with Gasteiger partial charge in [-0.3, -0.25) is 4.79 Å². The molecule has 2 aromatic rings. The summed E-state index contributed by atoms with van der Waals surface area (Å²) in [6.07, 6.45) is 0. The fourth-order valence-electron chi connectivity index (χ4n) is 2.75. The van der Waals surface area contributed by atoms with Gasteiger partial charge in [0.2, 0.25) is 0 Å². The van der Waals surface area contributed by atoms with Crippen molar-refractivity contribution < 1.29 is 40.6 Å². The third-order valence-electron chi connectivity index (χ3n) is 3.98. The first kappa shape index (κ1) is 20.6. The minimum Gasteiger partial charge on any atom is -0.497 e. The van der Waals surface area contributed by atoms with Gasteiger partial charge in [0.15, 0.2) is 11.6 Å². The minimum atomic E-state index is -5.52. The van der Waals surface area contributed by atoms with E-state index in [1.807, 2.05) is 0 Å². The summed E-state index contributed by atoms with van der Waals surface area (Å²) in [6.45, 7) is 0. The average molecular weight is 434 g/mol. The van der Waals surface area contributed by atoms with Crippen LogP contribution in [0.1, 0.15) is 17.3 Å². The largest absolute Gasteiger partial charge is 0.497 e. The van der Waals surface area contributed by atoms with E-state index in [0.717, 1.165) is 12.1 Å². The van der Waals surface area contributed by atoms with Gasteiger partial charge >= 0.3 is 27.8 Å². The molecule has 0 saturated carbocycles. The molecule has 14 heteroatoms. The number of sulfonamides is 1. The molecule has 1 atom stereocenters. The van der Waals surface area contributed by atoms with Gasteiger partial charge in [-0.15, -0.1) is 4.98 Å². The summed E-state index contributed by atoms with van der Waals surface area (Å²) in [5, 5.41) is 0. The molecule has 1 aliphatic heterocycles. The zero-order chi connectivity index (χ0) is 21.5. The molecule has 1 aromatic carbocycles. The lowest BCUT2D eigenvalue weighted by molar-refractivity contribution is -0.117. The Bertz CT molecular complexity index is 1060. The third kappa shape index (κ3) is 3.28. The van der Waals surface area contributed by atoms with Crippen LogP contribution in [0.3, 0.4) is 0 Å². The maximum absolute atomic E-state index is 14.6. The summed E-state index contributed by atoms with van der Waals surface area (Å²) < 4.78 is 79.6. The monoisotopic (exact) mass is 434 g/mol. The topological polar surface area (TPSA) is 121 Å². The first-order valence-corrected chi connectivity index (χ1v) is 9.23. The van der Waals surface area contributed by atoms with Gasteiger partial charge in [0.1, 0.15) is 17.4 Å². The molecule has 156 valence electrons. The van der Waals surface area contributed by atoms with E-state index in [4.69, 9.17) is 14.2 Å². The number of hydrogen-bond acceptors (Lipinski definition) is 9. The fourth-order valence-corrected chi connectivity index (χ4v) is 3.72. The molecule has 0 bridgehead atoms. The number of benzene rings is 1. The van der Waals surface area contributed by atoms with Crippen molar-refractivity contribution in [2.75, 3.05) is 25.6 Å². The first-order chi connectivity index (χ1) is 13.6. The second kappa shape index (κ2) is 7.35. The Balaban J connectivity index is 2.31. The number of methoxy groups -OCH3 is 3. The summed E-state index contributed by atoms with van der Waals surface area (Å²) in [6, 6.07) is 1.31. The highest BCUT2D eigenvalue weighted by Gasteiger charge is 2.51. The van der Waals surface area contributed by atoms with E-state index >= 15 is 0 Å². The molecule has 1 amide bonds. The van der Waals surface area contributed by atoms with E-state index in [1.165, 1.54) is 21.3 Å². The Labute approximate surface area is 162 Å². The van der Waals surface area contributed by atoms with Gasteiger partial charge in [0.05, 0.1) is 21.3 Å². The maximum atomic E-state index is 14.6. The van der Waals surface area contributed by atoms with Crippen molar-refractivity contribution >= 4 is 21.6 Å². The van der Waals surface area contributed by atoms with Crippen LogP contribution in [0, 0.1) is 5.82 Å². The van der Waals surface area contributed by atoms with E-state index in [-0.39, 0.29) is 33.5 Å². The molecule has 29 heavy (non-hydrogen) atoms. The van der Waals surface area contributed by atoms with Crippen molar-refractivity contribution in [2.45, 2.75) is 11.7 Å². The number of carbonyl (C=O) groups is 1. The highest BCUT2D eigenvalue weighted by molar-refractivity contribution is 7.93. The number of rotatable bonds is 6. The lowest BCUT2D eigenvalue weighted by atomic mass is 9.99. The highest BCUT2D eigenvalue weighted by Crippen LogP contribution is 2.46. The number of amides is 1. The lowest BCUT2D eigenvalue weighted by Gasteiger charge is -2.17. The number of nitrogens with zero attached hydrogens (tertiary/aromatic N) is 4. The van der Waals surface area contributed by atoms with Gasteiger partial charge in [-0.1, -0.05) is 0 Å². The number of halogens is 3. The number of ether oxygens (including phenoxy) is 3. The van der Waals surface area contributed by atoms with Crippen LogP contribution in [-0.2, 0) is 14.8 Å². The van der Waals surface area contributed by atoms with Gasteiger partial charge in [-0.2, -0.15) is 31.5 Å². The van der Waals surface area contributed by atoms with Crippen LogP contribution in [0.25, 0.3) is 0 Å². The summed E-state index contributed by atoms with van der Waals surface area (Å²) in [7, 11) is -1.90. The summed E-state index contributed by atoms with van der Waals surface area (Å²) >= 11 is 0. The Morgan fingerprint density at radius 1 is 1.03 bits per heavy atom. The molecule has 3 rings (SSSR count). The fraction of sp³-hybridized carbons (Fsp3) is 0.333. The Hall–Kier alpha value is -3.16. The average Bonchev–Trinajstić information content (AvgIpc) is 3.00. The Morgan fingerprint density at radius 2 is 1.62 bits per heavy atom. The predicted octanol–water partition coefficient (Wildman–Crippen LogP) is 1.07. The molecule has 0 aliphatic carbocycles. The standard InChI is InChI=1S/C15H13F3N4O6S/c1-26-6-4-7-9(11-19-14(27-2)21-15(20-11)28-3)12(23)22(10(7)8(16)5-6)29(24,25)13(17)18/h4-5,9,13H,1-3H3. The second-order valence-electron chi connectivity index (χ2n) is 5.56. The Morgan fingerprint density at radius 3 is 2.10 bits per heavy atom. The van der Waals surface area contributed by atoms with Crippen LogP contribution in [-0.4, -0.2) is 56.4 Å². The number of fused-ring (bicyclic) bond motifs is 1. The molecular formula is C15H13F3N4O6S. The predicted molar refractivity (Wildman–Crippen MR) is 90.1 cm³/mol. The molecular weight excluding hydrogens is 421 g/mol. The maximum Gasteiger partial charge on any atom is 0.355 e. The van der Waals surface area contributed by atoms with E-state index < -0.39 is 39.1 Å². The normalized spacial score (nSPS) is 16.2. The molecule has 0 spiro atoms. The van der Waals surface area contributed by atoms with Crippen LogP contribution in [0.15, 0.2) is 12.1 Å². The number of anilines is 1. The third-order valence-corrected chi connectivity index (χ3v) is 5.30. The van der Waals surface area contributed by atoms with E-state index in [1.54, 1.807) is 0 Å².